The van der Waals surface area contributed by atoms with Gasteiger partial charge < -0.3 is 14.8 Å². The summed E-state index contributed by atoms with van der Waals surface area (Å²) in [7, 11) is 1.69. The molecule has 0 bridgehead atoms. The van der Waals surface area contributed by atoms with Gasteiger partial charge in [-0.05, 0) is 42.3 Å². The second-order valence-electron chi connectivity index (χ2n) is 6.09. The normalized spacial score (nSPS) is 16.4. The van der Waals surface area contributed by atoms with Crippen molar-refractivity contribution in [2.45, 2.75) is 13.0 Å². The molecule has 0 aromatic heterocycles. The molecule has 0 saturated carbocycles. The van der Waals surface area contributed by atoms with Crippen molar-refractivity contribution in [2.75, 3.05) is 39.9 Å². The van der Waals surface area contributed by atoms with Gasteiger partial charge in [-0.25, -0.2) is 0 Å². The third kappa shape index (κ3) is 4.35. The number of rotatable bonds is 6. The summed E-state index contributed by atoms with van der Waals surface area (Å²) in [4.78, 5) is 2.52. The molecule has 3 rings (SSSR count). The van der Waals surface area contributed by atoms with Crippen LogP contribution in [0, 0.1) is 0 Å². The minimum absolute atomic E-state index is 0.198. The summed E-state index contributed by atoms with van der Waals surface area (Å²) in [5, 5.41) is 3.44. The van der Waals surface area contributed by atoms with Crippen molar-refractivity contribution in [1.82, 2.24) is 10.2 Å². The van der Waals surface area contributed by atoms with Gasteiger partial charge in [0.25, 0.3) is 0 Å². The van der Waals surface area contributed by atoms with Crippen LogP contribution in [0.15, 0.2) is 46.9 Å². The van der Waals surface area contributed by atoms with Gasteiger partial charge in [0.05, 0.1) is 19.8 Å². The van der Waals surface area contributed by atoms with Crippen LogP contribution in [0.5, 0.6) is 11.5 Å². The molecule has 0 aliphatic carbocycles. The SMILES string of the molecule is CCOc1ccc(C(c2cccc(Br)c2)N2CCNCC2)cc1OC. The molecule has 0 amide bonds. The van der Waals surface area contributed by atoms with Crippen molar-refractivity contribution < 1.29 is 9.47 Å². The van der Waals surface area contributed by atoms with Gasteiger partial charge in [0.2, 0.25) is 0 Å². The average molecular weight is 405 g/mol. The molecule has 1 heterocycles. The fourth-order valence-electron chi connectivity index (χ4n) is 3.36. The summed E-state index contributed by atoms with van der Waals surface area (Å²) in [6.45, 7) is 6.68. The van der Waals surface area contributed by atoms with Gasteiger partial charge >= 0.3 is 0 Å². The average Bonchev–Trinajstić information content (AvgIpc) is 2.64. The minimum atomic E-state index is 0.198. The number of benzene rings is 2. The lowest BCUT2D eigenvalue weighted by Crippen LogP contribution is -2.45. The van der Waals surface area contributed by atoms with E-state index in [0.29, 0.717) is 6.61 Å². The van der Waals surface area contributed by atoms with Crippen molar-refractivity contribution in [3.05, 3.63) is 58.1 Å². The summed E-state index contributed by atoms with van der Waals surface area (Å²) in [5.41, 5.74) is 2.50. The lowest BCUT2D eigenvalue weighted by molar-refractivity contribution is 0.198. The van der Waals surface area contributed by atoms with E-state index in [1.54, 1.807) is 7.11 Å². The predicted octanol–water partition coefficient (Wildman–Crippen LogP) is 3.85. The maximum atomic E-state index is 5.68. The lowest BCUT2D eigenvalue weighted by Gasteiger charge is -2.36. The molecule has 1 aliphatic rings. The minimum Gasteiger partial charge on any atom is -0.493 e. The van der Waals surface area contributed by atoms with Gasteiger partial charge in [-0.15, -0.1) is 0 Å². The van der Waals surface area contributed by atoms with Crippen molar-refractivity contribution in [1.29, 1.82) is 0 Å². The zero-order chi connectivity index (χ0) is 17.6. The molecule has 0 radical (unpaired) electrons. The third-order valence-electron chi connectivity index (χ3n) is 4.48. The monoisotopic (exact) mass is 404 g/mol. The number of ether oxygens (including phenoxy) is 2. The first-order valence-corrected chi connectivity index (χ1v) is 9.53. The Morgan fingerprint density at radius 3 is 2.52 bits per heavy atom. The molecule has 1 saturated heterocycles. The van der Waals surface area contributed by atoms with Crippen LogP contribution in [0.3, 0.4) is 0 Å². The Kier molecular flexibility index (Phi) is 6.34. The Balaban J connectivity index is 2.01. The molecule has 2 aromatic rings. The Hall–Kier alpha value is -1.56. The van der Waals surface area contributed by atoms with E-state index in [0.717, 1.165) is 42.2 Å². The number of nitrogens with one attached hydrogen (secondary N) is 1. The van der Waals surface area contributed by atoms with E-state index in [4.69, 9.17) is 9.47 Å². The van der Waals surface area contributed by atoms with E-state index in [1.807, 2.05) is 13.0 Å². The predicted molar refractivity (Wildman–Crippen MR) is 105 cm³/mol. The van der Waals surface area contributed by atoms with Crippen molar-refractivity contribution in [3.63, 3.8) is 0 Å². The van der Waals surface area contributed by atoms with Crippen molar-refractivity contribution >= 4 is 15.9 Å². The van der Waals surface area contributed by atoms with Gasteiger partial charge in [0.1, 0.15) is 0 Å². The molecular formula is C20H25BrN2O2. The molecule has 5 heteroatoms. The lowest BCUT2D eigenvalue weighted by atomic mass is 9.96. The number of methoxy groups -OCH3 is 1. The number of hydrogen-bond acceptors (Lipinski definition) is 4. The maximum Gasteiger partial charge on any atom is 0.161 e. The smallest absolute Gasteiger partial charge is 0.161 e. The van der Waals surface area contributed by atoms with Crippen LogP contribution in [0.1, 0.15) is 24.1 Å². The maximum absolute atomic E-state index is 5.68. The van der Waals surface area contributed by atoms with E-state index < -0.39 is 0 Å². The fraction of sp³-hybridized carbons (Fsp3) is 0.400. The second-order valence-corrected chi connectivity index (χ2v) is 7.00. The molecule has 134 valence electrons. The highest BCUT2D eigenvalue weighted by Gasteiger charge is 2.25. The molecule has 1 unspecified atom stereocenters. The Labute approximate surface area is 158 Å². The molecular weight excluding hydrogens is 380 g/mol. The van der Waals surface area contributed by atoms with E-state index in [1.165, 1.54) is 11.1 Å². The Morgan fingerprint density at radius 1 is 1.08 bits per heavy atom. The first kappa shape index (κ1) is 18.2. The topological polar surface area (TPSA) is 33.7 Å². The Morgan fingerprint density at radius 2 is 1.84 bits per heavy atom. The zero-order valence-corrected chi connectivity index (χ0v) is 16.4. The molecule has 1 aliphatic heterocycles. The van der Waals surface area contributed by atoms with Gasteiger partial charge in [-0.2, -0.15) is 0 Å². The molecule has 1 N–H and O–H groups in total. The van der Waals surface area contributed by atoms with Gasteiger partial charge in [0, 0.05) is 30.7 Å². The van der Waals surface area contributed by atoms with Crippen LogP contribution in [0.2, 0.25) is 0 Å². The second kappa shape index (κ2) is 8.70. The largest absolute Gasteiger partial charge is 0.493 e. The molecule has 4 nitrogen and oxygen atoms in total. The molecule has 1 fully saturated rings. The first-order chi connectivity index (χ1) is 12.2. The Bertz CT molecular complexity index is 702. The first-order valence-electron chi connectivity index (χ1n) is 8.74. The van der Waals surface area contributed by atoms with Gasteiger partial charge in [-0.1, -0.05) is 34.1 Å². The number of piperazine rings is 1. The fourth-order valence-corrected chi connectivity index (χ4v) is 3.78. The van der Waals surface area contributed by atoms with Crippen LogP contribution in [0.4, 0.5) is 0 Å². The molecule has 0 spiro atoms. The summed E-state index contributed by atoms with van der Waals surface area (Å²) < 4.78 is 12.3. The van der Waals surface area contributed by atoms with E-state index in [-0.39, 0.29) is 6.04 Å². The van der Waals surface area contributed by atoms with Crippen molar-refractivity contribution in [3.8, 4) is 11.5 Å². The van der Waals surface area contributed by atoms with Crippen LogP contribution < -0.4 is 14.8 Å². The molecule has 25 heavy (non-hydrogen) atoms. The van der Waals surface area contributed by atoms with Crippen LogP contribution >= 0.6 is 15.9 Å². The summed E-state index contributed by atoms with van der Waals surface area (Å²) >= 11 is 3.61. The highest BCUT2D eigenvalue weighted by molar-refractivity contribution is 9.10. The van der Waals surface area contributed by atoms with E-state index >= 15 is 0 Å². The van der Waals surface area contributed by atoms with E-state index in [9.17, 15) is 0 Å². The van der Waals surface area contributed by atoms with E-state index in [2.05, 4.69) is 62.5 Å². The highest BCUT2D eigenvalue weighted by Crippen LogP contribution is 2.36. The standard InChI is InChI=1S/C20H25BrN2O2/c1-3-25-18-8-7-16(14-19(18)24-2)20(23-11-9-22-10-12-23)15-5-4-6-17(21)13-15/h4-8,13-14,20,22H,3,9-12H2,1-2H3. The number of hydrogen-bond donors (Lipinski definition) is 1. The third-order valence-corrected chi connectivity index (χ3v) is 4.98. The van der Waals surface area contributed by atoms with Gasteiger partial charge in [0.15, 0.2) is 11.5 Å². The molecule has 1 atom stereocenters. The van der Waals surface area contributed by atoms with Crippen molar-refractivity contribution in [2.24, 2.45) is 0 Å². The quantitative estimate of drug-likeness (QED) is 0.792. The highest BCUT2D eigenvalue weighted by atomic mass is 79.9. The van der Waals surface area contributed by atoms with Gasteiger partial charge in [-0.3, -0.25) is 4.90 Å². The number of nitrogens with zero attached hydrogens (tertiary/aromatic N) is 1. The summed E-state index contributed by atoms with van der Waals surface area (Å²) in [6, 6.07) is 15.0. The summed E-state index contributed by atoms with van der Waals surface area (Å²) in [6.07, 6.45) is 0. The zero-order valence-electron chi connectivity index (χ0n) is 14.8. The van der Waals surface area contributed by atoms with Crippen LogP contribution in [0.25, 0.3) is 0 Å². The number of halogens is 1. The summed E-state index contributed by atoms with van der Waals surface area (Å²) in [5.74, 6) is 1.58. The molecule has 2 aromatic carbocycles. The van der Waals surface area contributed by atoms with Crippen LogP contribution in [-0.2, 0) is 0 Å². The van der Waals surface area contributed by atoms with Crippen LogP contribution in [-0.4, -0.2) is 44.8 Å².